The Morgan fingerprint density at radius 3 is 2.84 bits per heavy atom. The third-order valence-electron chi connectivity index (χ3n) is 3.57. The molecule has 0 aromatic heterocycles. The summed E-state index contributed by atoms with van der Waals surface area (Å²) in [5.74, 6) is -0.214. The van der Waals surface area contributed by atoms with E-state index in [0.717, 1.165) is 19.3 Å². The number of hydrogen-bond donors (Lipinski definition) is 1. The lowest BCUT2D eigenvalue weighted by molar-refractivity contribution is -0.383. The minimum Gasteiger partial charge on any atom is -0.393 e. The minimum absolute atomic E-state index is 0.0460. The van der Waals surface area contributed by atoms with Gasteiger partial charge in [0.25, 0.3) is 11.6 Å². The quantitative estimate of drug-likeness (QED) is 0.503. The fraction of sp³-hybridized carbons (Fsp3) is 0.462. The topological polar surface area (TPSA) is 89.5 Å². The molecule has 1 unspecified atom stereocenters. The maximum atomic E-state index is 12.4. The summed E-state index contributed by atoms with van der Waals surface area (Å²) in [7, 11) is 0. The molecule has 1 heterocycles. The second-order valence-electron chi connectivity index (χ2n) is 4.84. The lowest BCUT2D eigenvalue weighted by Crippen LogP contribution is -2.42. The van der Waals surface area contributed by atoms with E-state index in [9.17, 15) is 14.9 Å². The normalized spacial score (nSPS) is 19.2. The first-order valence-electron chi connectivity index (χ1n) is 6.36. The van der Waals surface area contributed by atoms with Gasteiger partial charge in [0, 0.05) is 18.7 Å². The highest BCUT2D eigenvalue weighted by atomic mass is 16.6. The number of para-hydroxylation sites is 1. The SMILES string of the molecule is CC1CCCCN1C(=O)c1cccc([N+](=O)[O-])c1N. The first kappa shape index (κ1) is 13.3. The molecule has 0 spiro atoms. The van der Waals surface area contributed by atoms with Gasteiger partial charge < -0.3 is 10.6 Å². The molecule has 1 aromatic carbocycles. The molecule has 1 amide bonds. The summed E-state index contributed by atoms with van der Waals surface area (Å²) in [5.41, 5.74) is 5.71. The zero-order chi connectivity index (χ0) is 14.0. The highest BCUT2D eigenvalue weighted by molar-refractivity contribution is 6.01. The summed E-state index contributed by atoms with van der Waals surface area (Å²) in [4.78, 5) is 24.5. The Labute approximate surface area is 111 Å². The van der Waals surface area contributed by atoms with Crippen LogP contribution in [-0.2, 0) is 0 Å². The Morgan fingerprint density at radius 1 is 1.47 bits per heavy atom. The second-order valence-corrected chi connectivity index (χ2v) is 4.84. The molecular formula is C13H17N3O3. The highest BCUT2D eigenvalue weighted by Gasteiger charge is 2.27. The van der Waals surface area contributed by atoms with Crippen molar-refractivity contribution in [3.05, 3.63) is 33.9 Å². The van der Waals surface area contributed by atoms with Crippen molar-refractivity contribution in [2.75, 3.05) is 12.3 Å². The number of benzene rings is 1. The summed E-state index contributed by atoms with van der Waals surface area (Å²) in [6.45, 7) is 2.67. The molecule has 2 N–H and O–H groups in total. The van der Waals surface area contributed by atoms with Crippen LogP contribution < -0.4 is 5.73 Å². The molecule has 1 saturated heterocycles. The van der Waals surface area contributed by atoms with Gasteiger partial charge in [0.1, 0.15) is 5.69 Å². The smallest absolute Gasteiger partial charge is 0.292 e. The zero-order valence-corrected chi connectivity index (χ0v) is 10.8. The number of carbonyl (C=O) groups excluding carboxylic acids is 1. The molecule has 0 saturated carbocycles. The van der Waals surface area contributed by atoms with Crippen LogP contribution in [0, 0.1) is 10.1 Å². The fourth-order valence-electron chi connectivity index (χ4n) is 2.45. The van der Waals surface area contributed by atoms with Gasteiger partial charge in [-0.1, -0.05) is 6.07 Å². The van der Waals surface area contributed by atoms with Gasteiger partial charge in [0.2, 0.25) is 0 Å². The molecule has 0 radical (unpaired) electrons. The molecule has 2 rings (SSSR count). The van der Waals surface area contributed by atoms with Gasteiger partial charge in [-0.15, -0.1) is 0 Å². The molecule has 6 nitrogen and oxygen atoms in total. The van der Waals surface area contributed by atoms with Crippen LogP contribution in [0.15, 0.2) is 18.2 Å². The number of nitrogens with zero attached hydrogens (tertiary/aromatic N) is 2. The van der Waals surface area contributed by atoms with Crippen LogP contribution in [-0.4, -0.2) is 28.3 Å². The third kappa shape index (κ3) is 2.52. The van der Waals surface area contributed by atoms with E-state index in [1.165, 1.54) is 12.1 Å². The van der Waals surface area contributed by atoms with Gasteiger partial charge in [0.05, 0.1) is 10.5 Å². The Hall–Kier alpha value is -2.11. The van der Waals surface area contributed by atoms with E-state index in [2.05, 4.69) is 0 Å². The average molecular weight is 263 g/mol. The van der Waals surface area contributed by atoms with Gasteiger partial charge >= 0.3 is 0 Å². The molecule has 1 atom stereocenters. The average Bonchev–Trinajstić information content (AvgIpc) is 2.38. The van der Waals surface area contributed by atoms with Gasteiger partial charge in [-0.3, -0.25) is 14.9 Å². The number of anilines is 1. The van der Waals surface area contributed by atoms with Crippen LogP contribution in [0.25, 0.3) is 0 Å². The van der Waals surface area contributed by atoms with E-state index in [0.29, 0.717) is 6.54 Å². The maximum absolute atomic E-state index is 12.4. The summed E-state index contributed by atoms with van der Waals surface area (Å²) in [6.07, 6.45) is 3.03. The summed E-state index contributed by atoms with van der Waals surface area (Å²) < 4.78 is 0. The predicted molar refractivity (Wildman–Crippen MR) is 71.9 cm³/mol. The number of piperidine rings is 1. The van der Waals surface area contributed by atoms with E-state index >= 15 is 0 Å². The molecule has 1 aliphatic rings. The third-order valence-corrected chi connectivity index (χ3v) is 3.57. The minimum atomic E-state index is -0.564. The van der Waals surface area contributed by atoms with E-state index < -0.39 is 4.92 Å². The fourth-order valence-corrected chi connectivity index (χ4v) is 2.45. The van der Waals surface area contributed by atoms with E-state index in [-0.39, 0.29) is 28.9 Å². The van der Waals surface area contributed by atoms with Crippen molar-refractivity contribution in [3.8, 4) is 0 Å². The molecule has 102 valence electrons. The van der Waals surface area contributed by atoms with Crippen molar-refractivity contribution < 1.29 is 9.72 Å². The van der Waals surface area contributed by atoms with E-state index in [1.54, 1.807) is 11.0 Å². The number of nitro groups is 1. The Balaban J connectivity index is 2.33. The molecule has 1 aliphatic heterocycles. The summed E-state index contributed by atoms with van der Waals surface area (Å²) in [6, 6.07) is 4.51. The number of rotatable bonds is 2. The van der Waals surface area contributed by atoms with Gasteiger partial charge in [0.15, 0.2) is 0 Å². The van der Waals surface area contributed by atoms with Crippen molar-refractivity contribution in [2.24, 2.45) is 0 Å². The first-order chi connectivity index (χ1) is 9.02. The molecule has 0 bridgehead atoms. The monoisotopic (exact) mass is 263 g/mol. The number of amides is 1. The Kier molecular flexibility index (Phi) is 3.69. The van der Waals surface area contributed by atoms with Crippen LogP contribution in [0.3, 0.4) is 0 Å². The van der Waals surface area contributed by atoms with Crippen molar-refractivity contribution >= 4 is 17.3 Å². The van der Waals surface area contributed by atoms with Crippen LogP contribution in [0.2, 0.25) is 0 Å². The highest BCUT2D eigenvalue weighted by Crippen LogP contribution is 2.27. The zero-order valence-electron chi connectivity index (χ0n) is 10.8. The standard InChI is InChI=1S/C13H17N3O3/c1-9-5-2-3-8-15(9)13(17)10-6-4-7-11(12(10)14)16(18)19/h4,6-7,9H,2-3,5,8,14H2,1H3. The Bertz CT molecular complexity index is 516. The lowest BCUT2D eigenvalue weighted by Gasteiger charge is -2.33. The largest absolute Gasteiger partial charge is 0.393 e. The number of nitrogens with two attached hydrogens (primary N) is 1. The molecule has 0 aliphatic carbocycles. The van der Waals surface area contributed by atoms with E-state index in [4.69, 9.17) is 5.73 Å². The van der Waals surface area contributed by atoms with Crippen LogP contribution in [0.5, 0.6) is 0 Å². The Morgan fingerprint density at radius 2 is 2.21 bits per heavy atom. The molecule has 1 fully saturated rings. The van der Waals surface area contributed by atoms with Crippen LogP contribution >= 0.6 is 0 Å². The number of nitrogen functional groups attached to an aromatic ring is 1. The molecule has 19 heavy (non-hydrogen) atoms. The number of likely N-dealkylation sites (tertiary alicyclic amines) is 1. The lowest BCUT2D eigenvalue weighted by atomic mass is 10.0. The summed E-state index contributed by atoms with van der Waals surface area (Å²) in [5, 5.41) is 10.8. The predicted octanol–water partition coefficient (Wildman–Crippen LogP) is 2.19. The van der Waals surface area contributed by atoms with Crippen molar-refractivity contribution in [1.29, 1.82) is 0 Å². The number of nitro benzene ring substituents is 1. The van der Waals surface area contributed by atoms with Crippen molar-refractivity contribution in [1.82, 2.24) is 4.90 Å². The first-order valence-corrected chi connectivity index (χ1v) is 6.36. The number of carbonyl (C=O) groups is 1. The van der Waals surface area contributed by atoms with Gasteiger partial charge in [-0.2, -0.15) is 0 Å². The van der Waals surface area contributed by atoms with Crippen LogP contribution in [0.1, 0.15) is 36.5 Å². The second kappa shape index (κ2) is 5.26. The van der Waals surface area contributed by atoms with E-state index in [1.807, 2.05) is 6.92 Å². The van der Waals surface area contributed by atoms with Crippen molar-refractivity contribution in [3.63, 3.8) is 0 Å². The molecular weight excluding hydrogens is 246 g/mol. The van der Waals surface area contributed by atoms with Crippen molar-refractivity contribution in [2.45, 2.75) is 32.2 Å². The van der Waals surface area contributed by atoms with Gasteiger partial charge in [-0.25, -0.2) is 0 Å². The maximum Gasteiger partial charge on any atom is 0.292 e. The molecule has 1 aromatic rings. The molecule has 6 heteroatoms. The van der Waals surface area contributed by atoms with Crippen LogP contribution in [0.4, 0.5) is 11.4 Å². The van der Waals surface area contributed by atoms with Gasteiger partial charge in [-0.05, 0) is 32.3 Å². The summed E-state index contributed by atoms with van der Waals surface area (Å²) >= 11 is 0. The number of hydrogen-bond acceptors (Lipinski definition) is 4.